The van der Waals surface area contributed by atoms with Crippen molar-refractivity contribution in [3.05, 3.63) is 70.0 Å². The molecule has 158 valence electrons. The minimum Gasteiger partial charge on any atom is -0.319 e. The van der Waals surface area contributed by atoms with Gasteiger partial charge in [0.05, 0.1) is 6.54 Å². The summed E-state index contributed by atoms with van der Waals surface area (Å²) in [6.45, 7) is 7.32. The molecule has 1 atom stereocenters. The van der Waals surface area contributed by atoms with Crippen molar-refractivity contribution in [1.29, 1.82) is 0 Å². The molecule has 0 radical (unpaired) electrons. The number of amides is 3. The summed E-state index contributed by atoms with van der Waals surface area (Å²) in [6.07, 6.45) is 1.90. The van der Waals surface area contributed by atoms with Crippen LogP contribution in [0, 0.1) is 26.6 Å². The normalized spacial score (nSPS) is 18.6. The zero-order valence-electron chi connectivity index (χ0n) is 17.8. The Balaban J connectivity index is 1.94. The van der Waals surface area contributed by atoms with E-state index < -0.39 is 23.3 Å². The van der Waals surface area contributed by atoms with Crippen LogP contribution in [0.15, 0.2) is 36.4 Å². The predicted octanol–water partition coefficient (Wildman–Crippen LogP) is 4.57. The summed E-state index contributed by atoms with van der Waals surface area (Å²) in [5.41, 5.74) is 2.47. The second-order valence-corrected chi connectivity index (χ2v) is 8.03. The van der Waals surface area contributed by atoms with E-state index in [1.54, 1.807) is 0 Å². The first-order valence-corrected chi connectivity index (χ1v) is 10.2. The highest BCUT2D eigenvalue weighted by atomic mass is 19.1. The molecule has 3 amide bonds. The van der Waals surface area contributed by atoms with Gasteiger partial charge in [0.1, 0.15) is 11.4 Å². The lowest BCUT2D eigenvalue weighted by atomic mass is 9.84. The van der Waals surface area contributed by atoms with Gasteiger partial charge in [0, 0.05) is 5.56 Å². The molecule has 1 aliphatic rings. The van der Waals surface area contributed by atoms with E-state index >= 15 is 0 Å². The van der Waals surface area contributed by atoms with Gasteiger partial charge in [0.15, 0.2) is 5.78 Å². The maximum absolute atomic E-state index is 13.4. The van der Waals surface area contributed by atoms with Crippen molar-refractivity contribution in [3.8, 4) is 0 Å². The molecular weight excluding hydrogens is 383 g/mol. The van der Waals surface area contributed by atoms with Crippen LogP contribution in [0.25, 0.3) is 0 Å². The number of imide groups is 1. The Labute approximate surface area is 176 Å². The van der Waals surface area contributed by atoms with E-state index in [1.807, 2.05) is 39.8 Å². The summed E-state index contributed by atoms with van der Waals surface area (Å²) < 4.78 is 13.4. The summed E-state index contributed by atoms with van der Waals surface area (Å²) in [6, 6.07) is 8.80. The van der Waals surface area contributed by atoms with Gasteiger partial charge in [-0.3, -0.25) is 14.5 Å². The minimum atomic E-state index is -1.28. The summed E-state index contributed by atoms with van der Waals surface area (Å²) in [5, 5.41) is 2.80. The molecule has 5 nitrogen and oxygen atoms in total. The summed E-state index contributed by atoms with van der Waals surface area (Å²) >= 11 is 0. The summed E-state index contributed by atoms with van der Waals surface area (Å²) in [5.74, 6) is -1.17. The number of hydrogen-bond acceptors (Lipinski definition) is 3. The van der Waals surface area contributed by atoms with E-state index in [9.17, 15) is 18.8 Å². The van der Waals surface area contributed by atoms with Gasteiger partial charge < -0.3 is 5.32 Å². The van der Waals surface area contributed by atoms with Crippen LogP contribution in [0.4, 0.5) is 9.18 Å². The number of nitrogens with zero attached hydrogens (tertiary/aromatic N) is 1. The van der Waals surface area contributed by atoms with E-state index in [2.05, 4.69) is 5.32 Å². The van der Waals surface area contributed by atoms with E-state index in [-0.39, 0.29) is 12.3 Å². The first-order chi connectivity index (χ1) is 14.2. The fraction of sp³-hybridized carbons (Fsp3) is 0.375. The molecule has 0 unspecified atom stereocenters. The topological polar surface area (TPSA) is 66.5 Å². The molecule has 1 fully saturated rings. The van der Waals surface area contributed by atoms with Crippen LogP contribution in [0.3, 0.4) is 0 Å². The van der Waals surface area contributed by atoms with Gasteiger partial charge in [-0.25, -0.2) is 9.18 Å². The number of unbranched alkanes of at least 4 members (excludes halogenated alkanes) is 1. The Morgan fingerprint density at radius 2 is 1.67 bits per heavy atom. The second kappa shape index (κ2) is 8.38. The Hall–Kier alpha value is -3.02. The lowest BCUT2D eigenvalue weighted by molar-refractivity contribution is -0.131. The van der Waals surface area contributed by atoms with Crippen molar-refractivity contribution in [2.75, 3.05) is 6.54 Å². The number of nitrogens with one attached hydrogen (secondary N) is 1. The first kappa shape index (κ1) is 21.7. The van der Waals surface area contributed by atoms with Gasteiger partial charge in [0.25, 0.3) is 5.91 Å². The van der Waals surface area contributed by atoms with Crippen molar-refractivity contribution >= 4 is 17.7 Å². The van der Waals surface area contributed by atoms with Crippen LogP contribution in [-0.4, -0.2) is 29.2 Å². The van der Waals surface area contributed by atoms with Crippen LogP contribution < -0.4 is 5.32 Å². The van der Waals surface area contributed by atoms with Gasteiger partial charge in [-0.2, -0.15) is 0 Å². The number of aryl methyl sites for hydroxylation is 3. The number of halogens is 1. The largest absolute Gasteiger partial charge is 0.325 e. The molecule has 3 rings (SSSR count). The molecule has 0 bridgehead atoms. The molecule has 0 aromatic heterocycles. The maximum atomic E-state index is 13.4. The predicted molar refractivity (Wildman–Crippen MR) is 113 cm³/mol. The average Bonchev–Trinajstić information content (AvgIpc) is 2.91. The average molecular weight is 410 g/mol. The van der Waals surface area contributed by atoms with Crippen LogP contribution in [0.2, 0.25) is 0 Å². The number of carbonyl (C=O) groups is 3. The van der Waals surface area contributed by atoms with Crippen molar-refractivity contribution < 1.29 is 18.8 Å². The Kier molecular flexibility index (Phi) is 6.06. The highest BCUT2D eigenvalue weighted by Crippen LogP contribution is 2.34. The van der Waals surface area contributed by atoms with E-state index in [1.165, 1.54) is 24.3 Å². The Bertz CT molecular complexity index is 977. The highest BCUT2D eigenvalue weighted by Gasteiger charge is 2.52. The number of ketones is 1. The summed E-state index contributed by atoms with van der Waals surface area (Å²) in [4.78, 5) is 40.2. The van der Waals surface area contributed by atoms with Crippen LogP contribution in [0.1, 0.15) is 58.8 Å². The standard InChI is InChI=1S/C24H27FN2O3/c1-5-6-11-24(18-7-9-19(25)10-8-18)22(29)27(23(30)26-24)14-20(28)21-16(3)12-15(2)13-17(21)4/h7-10,12-13H,5-6,11,14H2,1-4H3,(H,26,30)/t24-/m1/s1. The van der Waals surface area contributed by atoms with Gasteiger partial charge in [-0.1, -0.05) is 49.6 Å². The molecule has 0 saturated carbocycles. The van der Waals surface area contributed by atoms with Gasteiger partial charge in [0.2, 0.25) is 0 Å². The van der Waals surface area contributed by atoms with Crippen molar-refractivity contribution in [2.45, 2.75) is 52.5 Å². The Morgan fingerprint density at radius 1 is 1.07 bits per heavy atom. The number of urea groups is 1. The van der Waals surface area contributed by atoms with Crippen molar-refractivity contribution in [1.82, 2.24) is 10.2 Å². The third-order valence-electron chi connectivity index (χ3n) is 5.68. The van der Waals surface area contributed by atoms with E-state index in [0.717, 1.165) is 28.0 Å². The smallest absolute Gasteiger partial charge is 0.319 e. The molecule has 6 heteroatoms. The molecule has 1 aliphatic heterocycles. The minimum absolute atomic E-state index is 0.279. The fourth-order valence-electron chi connectivity index (χ4n) is 4.30. The zero-order chi connectivity index (χ0) is 22.1. The maximum Gasteiger partial charge on any atom is 0.325 e. The number of Topliss-reactive ketones (excluding diaryl/α,β-unsaturated/α-hetero) is 1. The third-order valence-corrected chi connectivity index (χ3v) is 5.68. The molecule has 30 heavy (non-hydrogen) atoms. The van der Waals surface area contributed by atoms with Crippen molar-refractivity contribution in [2.24, 2.45) is 0 Å². The monoisotopic (exact) mass is 410 g/mol. The molecule has 2 aromatic rings. The van der Waals surface area contributed by atoms with Crippen LogP contribution in [-0.2, 0) is 10.3 Å². The number of hydrogen-bond donors (Lipinski definition) is 1. The molecule has 1 N–H and O–H groups in total. The lowest BCUT2D eigenvalue weighted by Gasteiger charge is -2.27. The van der Waals surface area contributed by atoms with Crippen molar-refractivity contribution in [3.63, 3.8) is 0 Å². The molecule has 0 aliphatic carbocycles. The number of benzene rings is 2. The van der Waals surface area contributed by atoms with Gasteiger partial charge in [-0.05, 0) is 56.0 Å². The highest BCUT2D eigenvalue weighted by molar-refractivity contribution is 6.12. The summed E-state index contributed by atoms with van der Waals surface area (Å²) in [7, 11) is 0. The molecular formula is C24H27FN2O3. The van der Waals surface area contributed by atoms with Gasteiger partial charge >= 0.3 is 6.03 Å². The fourth-order valence-corrected chi connectivity index (χ4v) is 4.30. The molecule has 0 spiro atoms. The lowest BCUT2D eigenvalue weighted by Crippen LogP contribution is -2.44. The second-order valence-electron chi connectivity index (χ2n) is 8.03. The molecule has 1 saturated heterocycles. The Morgan fingerprint density at radius 3 is 2.23 bits per heavy atom. The third kappa shape index (κ3) is 3.86. The molecule has 1 heterocycles. The first-order valence-electron chi connectivity index (χ1n) is 10.2. The quantitative estimate of drug-likeness (QED) is 0.537. The number of carbonyl (C=O) groups excluding carboxylic acids is 3. The van der Waals surface area contributed by atoms with Crippen LogP contribution in [0.5, 0.6) is 0 Å². The van der Waals surface area contributed by atoms with E-state index in [4.69, 9.17) is 0 Å². The molecule has 2 aromatic carbocycles. The SMILES string of the molecule is CCCC[C@]1(c2ccc(F)cc2)NC(=O)N(CC(=O)c2c(C)cc(C)cc2C)C1=O. The number of rotatable bonds is 7. The van der Waals surface area contributed by atoms with Gasteiger partial charge in [-0.15, -0.1) is 0 Å². The zero-order valence-corrected chi connectivity index (χ0v) is 17.8. The van der Waals surface area contributed by atoms with Crippen LogP contribution >= 0.6 is 0 Å². The van der Waals surface area contributed by atoms with E-state index in [0.29, 0.717) is 24.0 Å².